The van der Waals surface area contributed by atoms with Gasteiger partial charge in [-0.05, 0) is 13.3 Å². The normalized spacial score (nSPS) is 24.1. The number of rotatable bonds is 3. The van der Waals surface area contributed by atoms with Crippen molar-refractivity contribution in [3.63, 3.8) is 0 Å². The lowest BCUT2D eigenvalue weighted by Crippen LogP contribution is -2.35. The minimum Gasteiger partial charge on any atom is -0.362 e. The lowest BCUT2D eigenvalue weighted by Gasteiger charge is -2.21. The van der Waals surface area contributed by atoms with E-state index in [1.807, 2.05) is 0 Å². The highest BCUT2D eigenvalue weighted by atomic mass is 32.2. The number of aromatic nitrogens is 2. The van der Waals surface area contributed by atoms with Crippen LogP contribution in [0.1, 0.15) is 19.2 Å². The second kappa shape index (κ2) is 5.16. The van der Waals surface area contributed by atoms with Gasteiger partial charge >= 0.3 is 0 Å². The van der Waals surface area contributed by atoms with Gasteiger partial charge < -0.3 is 9.84 Å². The molecule has 0 radical (unpaired) electrons. The minimum absolute atomic E-state index is 0.537. The Bertz CT molecular complexity index is 325. The van der Waals surface area contributed by atoms with E-state index in [1.54, 1.807) is 11.8 Å². The molecule has 0 spiro atoms. The van der Waals surface area contributed by atoms with Gasteiger partial charge in [-0.1, -0.05) is 16.9 Å². The smallest absolute Gasteiger partial charge is 0.213 e. The van der Waals surface area contributed by atoms with E-state index in [4.69, 9.17) is 0 Å². The van der Waals surface area contributed by atoms with Crippen LogP contribution in [-0.2, 0) is 6.42 Å². The van der Waals surface area contributed by atoms with E-state index in [0.29, 0.717) is 18.4 Å². The minimum atomic E-state index is 0.537. The van der Waals surface area contributed by atoms with Gasteiger partial charge in [-0.3, -0.25) is 4.99 Å². The van der Waals surface area contributed by atoms with Gasteiger partial charge in [0.25, 0.3) is 0 Å². The van der Waals surface area contributed by atoms with Gasteiger partial charge in [0.05, 0.1) is 0 Å². The fraction of sp³-hybridized carbons (Fsp3) is 0.667. The standard InChI is InChI=1S/C9H14N4OS/c1-7-3-5-15-9(12-7)10-4-2-8-11-6-14-13-8/h6-7H,2-5H2,1H3,(H,10,12). The molecule has 5 nitrogen and oxygen atoms in total. The number of amidine groups is 1. The Morgan fingerprint density at radius 1 is 1.73 bits per heavy atom. The summed E-state index contributed by atoms with van der Waals surface area (Å²) in [6.45, 7) is 2.88. The van der Waals surface area contributed by atoms with Crippen molar-refractivity contribution in [1.29, 1.82) is 0 Å². The van der Waals surface area contributed by atoms with Crippen LogP contribution in [0.5, 0.6) is 0 Å². The van der Waals surface area contributed by atoms with Crippen molar-refractivity contribution in [2.24, 2.45) is 4.99 Å². The average molecular weight is 226 g/mol. The maximum Gasteiger partial charge on any atom is 0.213 e. The molecule has 1 saturated heterocycles. The van der Waals surface area contributed by atoms with E-state index in [9.17, 15) is 0 Å². The molecule has 1 aliphatic heterocycles. The second-order valence-electron chi connectivity index (χ2n) is 3.47. The van der Waals surface area contributed by atoms with E-state index in [-0.39, 0.29) is 0 Å². The number of aliphatic imine (C=N–C) groups is 1. The summed E-state index contributed by atoms with van der Waals surface area (Å²) in [4.78, 5) is 8.39. The quantitative estimate of drug-likeness (QED) is 0.835. The predicted molar refractivity (Wildman–Crippen MR) is 60.0 cm³/mol. The van der Waals surface area contributed by atoms with Gasteiger partial charge in [-0.25, -0.2) is 0 Å². The van der Waals surface area contributed by atoms with Crippen molar-refractivity contribution < 1.29 is 4.52 Å². The van der Waals surface area contributed by atoms with Gasteiger partial charge in [0.15, 0.2) is 11.0 Å². The van der Waals surface area contributed by atoms with Crippen LogP contribution in [0.3, 0.4) is 0 Å². The molecule has 0 saturated carbocycles. The summed E-state index contributed by atoms with van der Waals surface area (Å²) < 4.78 is 4.64. The third-order valence-electron chi connectivity index (χ3n) is 2.16. The van der Waals surface area contributed by atoms with Crippen LogP contribution in [-0.4, -0.2) is 33.6 Å². The van der Waals surface area contributed by atoms with Crippen molar-refractivity contribution >= 4 is 16.9 Å². The van der Waals surface area contributed by atoms with Crippen molar-refractivity contribution in [1.82, 2.24) is 15.5 Å². The number of hydrogen-bond acceptors (Lipinski definition) is 5. The molecule has 1 aromatic rings. The predicted octanol–water partition coefficient (Wildman–Crippen LogP) is 1.08. The van der Waals surface area contributed by atoms with Crippen LogP contribution in [0.4, 0.5) is 0 Å². The zero-order chi connectivity index (χ0) is 10.5. The van der Waals surface area contributed by atoms with Gasteiger partial charge in [0, 0.05) is 24.8 Å². The lowest BCUT2D eigenvalue weighted by atomic mass is 10.3. The van der Waals surface area contributed by atoms with Crippen molar-refractivity contribution in [2.45, 2.75) is 25.8 Å². The van der Waals surface area contributed by atoms with Gasteiger partial charge in [-0.2, -0.15) is 4.98 Å². The molecule has 2 rings (SSSR count). The maximum absolute atomic E-state index is 4.64. The molecule has 1 aliphatic rings. The van der Waals surface area contributed by atoms with Gasteiger partial charge in [0.2, 0.25) is 6.39 Å². The maximum atomic E-state index is 4.64. The Labute approximate surface area is 92.7 Å². The summed E-state index contributed by atoms with van der Waals surface area (Å²) in [7, 11) is 0. The Balaban J connectivity index is 1.78. The van der Waals surface area contributed by atoms with Crippen molar-refractivity contribution in [3.8, 4) is 0 Å². The average Bonchev–Trinajstić information content (AvgIpc) is 2.71. The molecule has 1 atom stereocenters. The molecule has 2 heterocycles. The molecule has 82 valence electrons. The summed E-state index contributed by atoms with van der Waals surface area (Å²) >= 11 is 1.78. The summed E-state index contributed by atoms with van der Waals surface area (Å²) in [5.41, 5.74) is 0. The van der Waals surface area contributed by atoms with E-state index in [2.05, 4.69) is 31.9 Å². The molecule has 1 N–H and O–H groups in total. The van der Waals surface area contributed by atoms with Crippen LogP contribution in [0.2, 0.25) is 0 Å². The zero-order valence-corrected chi connectivity index (χ0v) is 9.46. The van der Waals surface area contributed by atoms with Crippen LogP contribution in [0.25, 0.3) is 0 Å². The Morgan fingerprint density at radius 2 is 2.67 bits per heavy atom. The summed E-state index contributed by atoms with van der Waals surface area (Å²) in [6, 6.07) is 0.537. The highest BCUT2D eigenvalue weighted by Crippen LogP contribution is 2.13. The summed E-state index contributed by atoms with van der Waals surface area (Å²) in [6.07, 6.45) is 3.28. The van der Waals surface area contributed by atoms with Crippen LogP contribution >= 0.6 is 11.8 Å². The molecule has 1 aromatic heterocycles. The van der Waals surface area contributed by atoms with Crippen LogP contribution in [0, 0.1) is 0 Å². The number of hydrogen-bond donors (Lipinski definition) is 1. The zero-order valence-electron chi connectivity index (χ0n) is 8.64. The first-order chi connectivity index (χ1) is 7.34. The van der Waals surface area contributed by atoms with Crippen molar-refractivity contribution in [2.75, 3.05) is 12.3 Å². The molecular weight excluding hydrogens is 212 g/mol. The third kappa shape index (κ3) is 3.23. The van der Waals surface area contributed by atoms with E-state index < -0.39 is 0 Å². The molecule has 0 aliphatic carbocycles. The highest BCUT2D eigenvalue weighted by molar-refractivity contribution is 8.13. The lowest BCUT2D eigenvalue weighted by molar-refractivity contribution is 0.410. The van der Waals surface area contributed by atoms with E-state index in [1.165, 1.54) is 12.8 Å². The van der Waals surface area contributed by atoms with Crippen LogP contribution in [0.15, 0.2) is 15.9 Å². The first-order valence-electron chi connectivity index (χ1n) is 5.03. The van der Waals surface area contributed by atoms with E-state index in [0.717, 1.165) is 17.3 Å². The molecule has 1 fully saturated rings. The van der Waals surface area contributed by atoms with Gasteiger partial charge in [0.1, 0.15) is 0 Å². The topological polar surface area (TPSA) is 63.3 Å². The van der Waals surface area contributed by atoms with Gasteiger partial charge in [-0.15, -0.1) is 0 Å². The summed E-state index contributed by atoms with van der Waals surface area (Å²) in [5, 5.41) is 8.12. The third-order valence-corrected chi connectivity index (χ3v) is 3.12. The molecular formula is C9H14N4OS. The largest absolute Gasteiger partial charge is 0.362 e. The molecule has 0 aromatic carbocycles. The van der Waals surface area contributed by atoms with Crippen molar-refractivity contribution in [3.05, 3.63) is 12.2 Å². The van der Waals surface area contributed by atoms with E-state index >= 15 is 0 Å². The Hall–Kier alpha value is -1.04. The highest BCUT2D eigenvalue weighted by Gasteiger charge is 2.12. The van der Waals surface area contributed by atoms with Crippen LogP contribution < -0.4 is 5.32 Å². The Kier molecular flexibility index (Phi) is 3.60. The second-order valence-corrected chi connectivity index (χ2v) is 4.55. The number of nitrogens with one attached hydrogen (secondary N) is 1. The first-order valence-corrected chi connectivity index (χ1v) is 6.02. The fourth-order valence-corrected chi connectivity index (χ4v) is 2.44. The monoisotopic (exact) mass is 226 g/mol. The Morgan fingerprint density at radius 3 is 3.40 bits per heavy atom. The molecule has 6 heteroatoms. The molecule has 0 bridgehead atoms. The molecule has 1 unspecified atom stereocenters. The fourth-order valence-electron chi connectivity index (χ4n) is 1.31. The molecule has 15 heavy (non-hydrogen) atoms. The molecule has 0 amide bonds. The SMILES string of the molecule is CC1CCSC(=NCCc2ncon2)N1. The number of thioether (sulfide) groups is 1. The summed E-state index contributed by atoms with van der Waals surface area (Å²) in [5.74, 6) is 1.86. The first kappa shape index (κ1) is 10.5. The number of nitrogens with zero attached hydrogens (tertiary/aromatic N) is 3.